The van der Waals surface area contributed by atoms with Crippen LogP contribution in [0.15, 0.2) is 101 Å². The summed E-state index contributed by atoms with van der Waals surface area (Å²) in [7, 11) is 0. The molecule has 1 aromatic heterocycles. The van der Waals surface area contributed by atoms with Gasteiger partial charge in [0.2, 0.25) is 0 Å². The molecule has 0 radical (unpaired) electrons. The number of aryl methyl sites for hydroxylation is 1. The molecule has 3 nitrogen and oxygen atoms in total. The molecule has 2 aliphatic rings. The van der Waals surface area contributed by atoms with Crippen molar-refractivity contribution in [2.24, 2.45) is 5.10 Å². The summed E-state index contributed by atoms with van der Waals surface area (Å²) in [5, 5.41) is 9.31. The Bertz CT molecular complexity index is 1330. The highest BCUT2D eigenvalue weighted by Gasteiger charge is 2.61. The van der Waals surface area contributed by atoms with Crippen molar-refractivity contribution in [2.45, 2.75) is 24.8 Å². The standard InChI is InChI=1S/C28H22N2OS/c1-19-13-15-22(16-14-19)30-28(18-21-10-5-6-11-23(21)27(28)31)25(24-12-7-17-32-24)26(29-30)20-8-3-2-4-9-20/h2-17,25H,18H2,1H3/t25-,28-/m1/s1. The molecule has 3 aromatic carbocycles. The van der Waals surface area contributed by atoms with E-state index in [0.717, 1.165) is 28.1 Å². The van der Waals surface area contributed by atoms with Gasteiger partial charge in [0.1, 0.15) is 5.54 Å². The molecule has 0 amide bonds. The lowest BCUT2D eigenvalue weighted by molar-refractivity contribution is 0.0900. The molecular weight excluding hydrogens is 412 g/mol. The number of anilines is 1. The van der Waals surface area contributed by atoms with Crippen molar-refractivity contribution < 1.29 is 4.79 Å². The zero-order valence-electron chi connectivity index (χ0n) is 17.7. The molecule has 2 atom stereocenters. The molecule has 0 fully saturated rings. The first-order valence-electron chi connectivity index (χ1n) is 10.9. The largest absolute Gasteiger partial charge is 0.291 e. The predicted molar refractivity (Wildman–Crippen MR) is 131 cm³/mol. The summed E-state index contributed by atoms with van der Waals surface area (Å²) in [6, 6.07) is 30.9. The smallest absolute Gasteiger partial charge is 0.192 e. The van der Waals surface area contributed by atoms with Crippen LogP contribution in [0.4, 0.5) is 5.69 Å². The van der Waals surface area contributed by atoms with Gasteiger partial charge in [-0.25, -0.2) is 5.01 Å². The number of carbonyl (C=O) groups excluding carboxylic acids is 1. The highest BCUT2D eigenvalue weighted by Crippen LogP contribution is 2.52. The molecule has 0 N–H and O–H groups in total. The zero-order valence-corrected chi connectivity index (χ0v) is 18.5. The van der Waals surface area contributed by atoms with E-state index in [-0.39, 0.29) is 11.7 Å². The average Bonchev–Trinajstić information content (AvgIpc) is 3.53. The van der Waals surface area contributed by atoms with Crippen molar-refractivity contribution in [3.63, 3.8) is 0 Å². The number of thiophene rings is 1. The quantitative estimate of drug-likeness (QED) is 0.382. The van der Waals surface area contributed by atoms with E-state index in [0.29, 0.717) is 6.42 Å². The van der Waals surface area contributed by atoms with Crippen LogP contribution in [0.25, 0.3) is 0 Å². The monoisotopic (exact) mass is 434 g/mol. The van der Waals surface area contributed by atoms with E-state index in [2.05, 4.69) is 66.9 Å². The summed E-state index contributed by atoms with van der Waals surface area (Å²) < 4.78 is 0. The van der Waals surface area contributed by atoms with Gasteiger partial charge in [-0.2, -0.15) is 5.10 Å². The molecule has 0 saturated heterocycles. The minimum atomic E-state index is -0.811. The van der Waals surface area contributed by atoms with E-state index in [9.17, 15) is 4.79 Å². The summed E-state index contributed by atoms with van der Waals surface area (Å²) in [5.41, 5.74) is 5.25. The second kappa shape index (κ2) is 7.28. The van der Waals surface area contributed by atoms with Crippen molar-refractivity contribution in [1.82, 2.24) is 0 Å². The Morgan fingerprint density at radius 1 is 0.906 bits per heavy atom. The molecule has 2 heterocycles. The lowest BCUT2D eigenvalue weighted by Crippen LogP contribution is -2.53. The number of carbonyl (C=O) groups is 1. The molecule has 0 saturated carbocycles. The van der Waals surface area contributed by atoms with Gasteiger partial charge in [-0.15, -0.1) is 11.3 Å². The number of benzene rings is 3. The number of Topliss-reactive ketones (excluding diaryl/α,β-unsaturated/α-hetero) is 1. The summed E-state index contributed by atoms with van der Waals surface area (Å²) in [6.45, 7) is 2.08. The van der Waals surface area contributed by atoms with Gasteiger partial charge < -0.3 is 0 Å². The fourth-order valence-corrected chi connectivity index (χ4v) is 6.05. The van der Waals surface area contributed by atoms with Crippen LogP contribution in [0.5, 0.6) is 0 Å². The molecule has 6 rings (SSSR count). The molecule has 4 aromatic rings. The van der Waals surface area contributed by atoms with E-state index >= 15 is 0 Å². The molecule has 4 heteroatoms. The molecule has 156 valence electrons. The number of rotatable bonds is 3. The molecular formula is C28H22N2OS. The Morgan fingerprint density at radius 2 is 1.66 bits per heavy atom. The highest BCUT2D eigenvalue weighted by atomic mass is 32.1. The lowest BCUT2D eigenvalue weighted by Gasteiger charge is -2.37. The Kier molecular flexibility index (Phi) is 4.37. The summed E-state index contributed by atoms with van der Waals surface area (Å²) >= 11 is 1.70. The Morgan fingerprint density at radius 3 is 2.38 bits per heavy atom. The van der Waals surface area contributed by atoms with Crippen LogP contribution >= 0.6 is 11.3 Å². The van der Waals surface area contributed by atoms with Crippen LogP contribution in [-0.2, 0) is 6.42 Å². The maximum atomic E-state index is 14.2. The summed E-state index contributed by atoms with van der Waals surface area (Å²) in [6.07, 6.45) is 0.637. The number of hydrazone groups is 1. The van der Waals surface area contributed by atoms with Gasteiger partial charge >= 0.3 is 0 Å². The zero-order chi connectivity index (χ0) is 21.7. The SMILES string of the molecule is Cc1ccc(N2N=C(c3ccccc3)[C@@H](c3cccs3)[C@@]23Cc2ccccc2C3=O)cc1. The Balaban J connectivity index is 1.62. The molecule has 1 aliphatic carbocycles. The summed E-state index contributed by atoms with van der Waals surface area (Å²) in [5.74, 6) is 0.00728. The minimum absolute atomic E-state index is 0.147. The van der Waals surface area contributed by atoms with Crippen molar-refractivity contribution in [2.75, 3.05) is 5.01 Å². The second-order valence-corrected chi connectivity index (χ2v) is 9.51. The first-order chi connectivity index (χ1) is 15.7. The van der Waals surface area contributed by atoms with Gasteiger partial charge in [0, 0.05) is 16.9 Å². The van der Waals surface area contributed by atoms with Crippen molar-refractivity contribution >= 4 is 28.5 Å². The van der Waals surface area contributed by atoms with Gasteiger partial charge in [-0.3, -0.25) is 4.79 Å². The lowest BCUT2D eigenvalue weighted by atomic mass is 9.75. The fourth-order valence-electron chi connectivity index (χ4n) is 5.14. The third-order valence-corrected chi connectivity index (χ3v) is 7.56. The van der Waals surface area contributed by atoms with E-state index in [1.807, 2.05) is 41.4 Å². The molecule has 32 heavy (non-hydrogen) atoms. The van der Waals surface area contributed by atoms with Gasteiger partial charge in [0.05, 0.1) is 17.3 Å². The Hall–Kier alpha value is -3.50. The molecule has 0 unspecified atom stereocenters. The number of hydrogen-bond acceptors (Lipinski definition) is 4. The van der Waals surface area contributed by atoms with Crippen LogP contribution in [0.1, 0.15) is 37.8 Å². The number of nitrogens with zero attached hydrogens (tertiary/aromatic N) is 2. The normalized spacial score (nSPS) is 21.8. The van der Waals surface area contributed by atoms with Gasteiger partial charge in [-0.05, 0) is 41.6 Å². The maximum absolute atomic E-state index is 14.2. The maximum Gasteiger partial charge on any atom is 0.192 e. The third kappa shape index (κ3) is 2.73. The van der Waals surface area contributed by atoms with Crippen LogP contribution in [0.2, 0.25) is 0 Å². The molecule has 1 aliphatic heterocycles. The van der Waals surface area contributed by atoms with Crippen molar-refractivity contribution in [1.29, 1.82) is 0 Å². The molecule has 0 bridgehead atoms. The fraction of sp³-hybridized carbons (Fsp3) is 0.143. The number of ketones is 1. The third-order valence-electron chi connectivity index (χ3n) is 6.63. The average molecular weight is 435 g/mol. The first-order valence-corrected chi connectivity index (χ1v) is 11.7. The van der Waals surface area contributed by atoms with Crippen LogP contribution in [0, 0.1) is 6.92 Å². The summed E-state index contributed by atoms with van der Waals surface area (Å²) in [4.78, 5) is 15.4. The number of fused-ring (bicyclic) bond motifs is 1. The Labute approximate surface area is 191 Å². The second-order valence-electron chi connectivity index (χ2n) is 8.53. The van der Waals surface area contributed by atoms with Gasteiger partial charge in [0.25, 0.3) is 0 Å². The van der Waals surface area contributed by atoms with Crippen molar-refractivity contribution in [3.8, 4) is 0 Å². The highest BCUT2D eigenvalue weighted by molar-refractivity contribution is 7.10. The van der Waals surface area contributed by atoms with Crippen LogP contribution in [-0.4, -0.2) is 17.0 Å². The van der Waals surface area contributed by atoms with E-state index in [4.69, 9.17) is 5.10 Å². The molecule has 1 spiro atoms. The van der Waals surface area contributed by atoms with Crippen molar-refractivity contribution in [3.05, 3.63) is 124 Å². The van der Waals surface area contributed by atoms with E-state index in [1.165, 1.54) is 10.4 Å². The van der Waals surface area contributed by atoms with Crippen LogP contribution in [0.3, 0.4) is 0 Å². The first kappa shape index (κ1) is 19.2. The number of hydrogen-bond donors (Lipinski definition) is 0. The minimum Gasteiger partial charge on any atom is -0.291 e. The van der Waals surface area contributed by atoms with Gasteiger partial charge in [0.15, 0.2) is 5.78 Å². The van der Waals surface area contributed by atoms with E-state index in [1.54, 1.807) is 11.3 Å². The van der Waals surface area contributed by atoms with Crippen LogP contribution < -0.4 is 5.01 Å². The van der Waals surface area contributed by atoms with Gasteiger partial charge in [-0.1, -0.05) is 78.4 Å². The predicted octanol–water partition coefficient (Wildman–Crippen LogP) is 6.24. The topological polar surface area (TPSA) is 32.7 Å². The van der Waals surface area contributed by atoms with E-state index < -0.39 is 5.54 Å².